The molecule has 0 atom stereocenters. The molecular weight excluding hydrogens is 435 g/mol. The molecule has 1 amide bonds. The van der Waals surface area contributed by atoms with Crippen LogP contribution in [0.4, 0.5) is 19.0 Å². The van der Waals surface area contributed by atoms with Gasteiger partial charge in [0.05, 0.1) is 27.8 Å². The van der Waals surface area contributed by atoms with Gasteiger partial charge in [-0.3, -0.25) is 9.59 Å². The van der Waals surface area contributed by atoms with Crippen LogP contribution in [0.25, 0.3) is 16.6 Å². The van der Waals surface area contributed by atoms with Gasteiger partial charge in [0.2, 0.25) is 5.91 Å². The van der Waals surface area contributed by atoms with Gasteiger partial charge < -0.3 is 10.3 Å². The summed E-state index contributed by atoms with van der Waals surface area (Å²) in [5, 5.41) is 7.25. The molecule has 0 aliphatic heterocycles. The fraction of sp³-hybridized carbons (Fsp3) is 0.217. The van der Waals surface area contributed by atoms with E-state index in [9.17, 15) is 22.8 Å². The lowest BCUT2D eigenvalue weighted by atomic mass is 10.1. The van der Waals surface area contributed by atoms with Gasteiger partial charge in [0.1, 0.15) is 11.6 Å². The lowest BCUT2D eigenvalue weighted by molar-refractivity contribution is -0.137. The first-order valence-electron chi connectivity index (χ1n) is 10.2. The summed E-state index contributed by atoms with van der Waals surface area (Å²) in [6.45, 7) is 1.63. The molecular formula is C23H20F3N5O2. The summed E-state index contributed by atoms with van der Waals surface area (Å²) in [5.74, 6) is 0.224. The largest absolute Gasteiger partial charge is 0.418 e. The molecule has 4 aromatic rings. The maximum absolute atomic E-state index is 13.4. The van der Waals surface area contributed by atoms with Crippen LogP contribution in [0.2, 0.25) is 0 Å². The van der Waals surface area contributed by atoms with Gasteiger partial charge in [-0.15, -0.1) is 0 Å². The summed E-state index contributed by atoms with van der Waals surface area (Å²) in [6.07, 6.45) is -3.73. The Labute approximate surface area is 186 Å². The highest BCUT2D eigenvalue weighted by atomic mass is 19.4. The number of H-pyrrole nitrogens is 1. The zero-order valence-corrected chi connectivity index (χ0v) is 17.6. The zero-order chi connectivity index (χ0) is 23.6. The Morgan fingerprint density at radius 1 is 1.12 bits per heavy atom. The summed E-state index contributed by atoms with van der Waals surface area (Å²) in [5.41, 5.74) is -0.243. The molecule has 2 aromatic heterocycles. The van der Waals surface area contributed by atoms with Crippen molar-refractivity contribution in [3.05, 3.63) is 82.0 Å². The molecule has 0 saturated carbocycles. The van der Waals surface area contributed by atoms with E-state index in [-0.39, 0.29) is 29.4 Å². The molecule has 170 valence electrons. The second-order valence-electron chi connectivity index (χ2n) is 7.53. The van der Waals surface area contributed by atoms with E-state index in [1.54, 1.807) is 31.2 Å². The number of anilines is 1. The first kappa shape index (κ1) is 22.3. The van der Waals surface area contributed by atoms with Crippen molar-refractivity contribution in [1.82, 2.24) is 19.7 Å². The predicted octanol–water partition coefficient (Wildman–Crippen LogP) is 4.40. The summed E-state index contributed by atoms with van der Waals surface area (Å²) in [7, 11) is 0. The van der Waals surface area contributed by atoms with Crippen LogP contribution in [-0.2, 0) is 17.4 Å². The lowest BCUT2D eigenvalue weighted by Gasteiger charge is -2.15. The van der Waals surface area contributed by atoms with Crippen molar-refractivity contribution in [2.45, 2.75) is 32.4 Å². The maximum Gasteiger partial charge on any atom is 0.418 e. The van der Waals surface area contributed by atoms with Crippen LogP contribution in [-0.4, -0.2) is 25.7 Å². The van der Waals surface area contributed by atoms with Gasteiger partial charge >= 0.3 is 6.18 Å². The number of halogens is 3. The third-order valence-corrected chi connectivity index (χ3v) is 5.02. The Kier molecular flexibility index (Phi) is 5.99. The van der Waals surface area contributed by atoms with Gasteiger partial charge in [-0.25, -0.2) is 9.67 Å². The van der Waals surface area contributed by atoms with E-state index in [0.29, 0.717) is 35.3 Å². The molecule has 0 spiro atoms. The Balaban J connectivity index is 1.46. The molecule has 2 heterocycles. The van der Waals surface area contributed by atoms with Gasteiger partial charge in [-0.05, 0) is 37.6 Å². The summed E-state index contributed by atoms with van der Waals surface area (Å²) >= 11 is 0. The fourth-order valence-electron chi connectivity index (χ4n) is 3.55. The first-order valence-corrected chi connectivity index (χ1v) is 10.2. The number of alkyl halides is 3. The van der Waals surface area contributed by atoms with E-state index in [1.807, 2.05) is 0 Å². The van der Waals surface area contributed by atoms with Gasteiger partial charge in [-0.1, -0.05) is 24.3 Å². The van der Waals surface area contributed by atoms with Crippen molar-refractivity contribution in [3.63, 3.8) is 0 Å². The third kappa shape index (κ3) is 4.94. The number of aromatic nitrogens is 4. The lowest BCUT2D eigenvalue weighted by Crippen LogP contribution is -2.17. The van der Waals surface area contributed by atoms with Crippen LogP contribution >= 0.6 is 0 Å². The molecule has 0 saturated heterocycles. The van der Waals surface area contributed by atoms with E-state index >= 15 is 0 Å². The topological polar surface area (TPSA) is 92.7 Å². The fourth-order valence-corrected chi connectivity index (χ4v) is 3.55. The zero-order valence-electron chi connectivity index (χ0n) is 17.6. The second kappa shape index (κ2) is 8.89. The van der Waals surface area contributed by atoms with E-state index in [0.717, 1.165) is 10.7 Å². The molecule has 10 heteroatoms. The monoisotopic (exact) mass is 455 g/mol. The normalized spacial score (nSPS) is 11.6. The van der Waals surface area contributed by atoms with Crippen molar-refractivity contribution in [3.8, 4) is 5.69 Å². The van der Waals surface area contributed by atoms with Gasteiger partial charge in [0.15, 0.2) is 0 Å². The minimum atomic E-state index is -4.57. The minimum Gasteiger partial charge on any atom is -0.311 e. The molecule has 0 unspecified atom stereocenters. The summed E-state index contributed by atoms with van der Waals surface area (Å²) < 4.78 is 41.4. The van der Waals surface area contributed by atoms with E-state index in [1.165, 1.54) is 24.3 Å². The van der Waals surface area contributed by atoms with Crippen molar-refractivity contribution >= 4 is 22.6 Å². The number of amides is 1. The number of nitrogens with zero attached hydrogens (tertiary/aromatic N) is 3. The highest BCUT2D eigenvalue weighted by Crippen LogP contribution is 2.34. The maximum atomic E-state index is 13.4. The Hall–Kier alpha value is -3.95. The number of para-hydroxylation sites is 2. The molecule has 0 bridgehead atoms. The van der Waals surface area contributed by atoms with Crippen LogP contribution in [0.1, 0.15) is 29.9 Å². The number of nitrogens with one attached hydrogen (secondary N) is 2. The predicted molar refractivity (Wildman–Crippen MR) is 117 cm³/mol. The second-order valence-corrected chi connectivity index (χ2v) is 7.53. The van der Waals surface area contributed by atoms with E-state index in [2.05, 4.69) is 20.4 Å². The van der Waals surface area contributed by atoms with Crippen molar-refractivity contribution < 1.29 is 18.0 Å². The van der Waals surface area contributed by atoms with Crippen molar-refractivity contribution in [1.29, 1.82) is 0 Å². The van der Waals surface area contributed by atoms with Gasteiger partial charge in [0.25, 0.3) is 5.56 Å². The van der Waals surface area contributed by atoms with E-state index in [4.69, 9.17) is 0 Å². The molecule has 7 nitrogen and oxygen atoms in total. The number of benzene rings is 2. The highest BCUT2D eigenvalue weighted by Gasteiger charge is 2.34. The Bertz CT molecular complexity index is 1370. The molecule has 0 radical (unpaired) electrons. The number of hydrogen-bond donors (Lipinski definition) is 2. The smallest absolute Gasteiger partial charge is 0.311 e. The highest BCUT2D eigenvalue weighted by molar-refractivity contribution is 5.90. The van der Waals surface area contributed by atoms with Crippen LogP contribution in [0.5, 0.6) is 0 Å². The van der Waals surface area contributed by atoms with Crippen molar-refractivity contribution in [2.75, 3.05) is 5.32 Å². The number of aryl methyl sites for hydroxylation is 2. The quantitative estimate of drug-likeness (QED) is 0.451. The number of aromatic amines is 1. The minimum absolute atomic E-state index is 0.0850. The molecule has 0 aliphatic rings. The van der Waals surface area contributed by atoms with Crippen molar-refractivity contribution in [2.24, 2.45) is 0 Å². The van der Waals surface area contributed by atoms with Gasteiger partial charge in [0, 0.05) is 18.9 Å². The van der Waals surface area contributed by atoms with Gasteiger partial charge in [-0.2, -0.15) is 18.3 Å². The molecule has 2 N–H and O–H groups in total. The van der Waals surface area contributed by atoms with Crippen LogP contribution in [0.3, 0.4) is 0 Å². The van der Waals surface area contributed by atoms with Crippen LogP contribution in [0, 0.1) is 6.92 Å². The number of carbonyl (C=O) groups excluding carboxylic acids is 1. The number of hydrogen-bond acceptors (Lipinski definition) is 4. The number of fused-ring (bicyclic) bond motifs is 1. The third-order valence-electron chi connectivity index (χ3n) is 5.02. The first-order chi connectivity index (χ1) is 15.7. The SMILES string of the molecule is Cc1cc(NC(=O)CCCc2nc3ccccc3c(=O)[nH]2)n(-c2ccccc2C(F)(F)F)n1. The number of carbonyl (C=O) groups is 1. The molecule has 2 aromatic carbocycles. The number of rotatable bonds is 6. The van der Waals surface area contributed by atoms with Crippen LogP contribution in [0.15, 0.2) is 59.4 Å². The molecule has 0 fully saturated rings. The average molecular weight is 455 g/mol. The summed E-state index contributed by atoms with van der Waals surface area (Å²) in [4.78, 5) is 31.7. The Morgan fingerprint density at radius 3 is 2.64 bits per heavy atom. The molecule has 4 rings (SSSR count). The Morgan fingerprint density at radius 2 is 1.85 bits per heavy atom. The average Bonchev–Trinajstić information content (AvgIpc) is 3.13. The standard InChI is InChI=1S/C23H20F3N5O2/c1-14-13-20(31(30-14)18-10-5-3-8-16(18)23(24,25)26)29-21(32)12-6-11-19-27-17-9-4-2-7-15(17)22(33)28-19/h2-5,7-10,13H,6,11-12H2,1H3,(H,29,32)(H,27,28,33). The van der Waals surface area contributed by atoms with Crippen LogP contribution < -0.4 is 10.9 Å². The summed E-state index contributed by atoms with van der Waals surface area (Å²) in [6, 6.07) is 13.5. The molecule has 33 heavy (non-hydrogen) atoms. The molecule has 0 aliphatic carbocycles. The van der Waals surface area contributed by atoms with E-state index < -0.39 is 11.7 Å².